The Balaban J connectivity index is 1.98. The minimum absolute atomic E-state index is 0.00528. The molecule has 2 rings (SSSR count). The summed E-state index contributed by atoms with van der Waals surface area (Å²) in [6, 6.07) is 0.474. The van der Waals surface area contributed by atoms with Crippen molar-refractivity contribution in [3.8, 4) is 0 Å². The number of fused-ring (bicyclic) bond motifs is 2. The van der Waals surface area contributed by atoms with Gasteiger partial charge < -0.3 is 15.3 Å². The minimum Gasteiger partial charge on any atom is -0.393 e. The largest absolute Gasteiger partial charge is 0.393 e. The number of carbonyl (C=O) groups excluding carboxylic acids is 1. The highest BCUT2D eigenvalue weighted by Crippen LogP contribution is 2.35. The number of nitrogens with zero attached hydrogens (tertiary/aromatic N) is 1. The summed E-state index contributed by atoms with van der Waals surface area (Å²) < 4.78 is 0. The molecule has 0 aliphatic carbocycles. The number of nitrogens with one attached hydrogen (secondary N) is 1. The first-order chi connectivity index (χ1) is 7.22. The van der Waals surface area contributed by atoms with E-state index in [4.69, 9.17) is 0 Å². The molecule has 2 unspecified atom stereocenters. The van der Waals surface area contributed by atoms with E-state index in [2.05, 4.69) is 11.9 Å². The highest BCUT2D eigenvalue weighted by Gasteiger charge is 2.42. The molecule has 2 heterocycles. The molecule has 0 aromatic carbocycles. The molecule has 0 spiro atoms. The highest BCUT2D eigenvalue weighted by molar-refractivity contribution is 5.75. The third-order valence-electron chi connectivity index (χ3n) is 3.34. The lowest BCUT2D eigenvalue weighted by Crippen LogP contribution is -2.51. The van der Waals surface area contributed by atoms with Gasteiger partial charge in [0.15, 0.2) is 0 Å². The van der Waals surface area contributed by atoms with Crippen LogP contribution in [0.25, 0.3) is 0 Å². The summed E-state index contributed by atoms with van der Waals surface area (Å²) in [5.74, 6) is 0. The fourth-order valence-electron chi connectivity index (χ4n) is 2.73. The molecule has 0 aromatic rings. The second-order valence-electron chi connectivity index (χ2n) is 4.39. The summed E-state index contributed by atoms with van der Waals surface area (Å²) in [6.07, 6.45) is 4.99. The van der Waals surface area contributed by atoms with Crippen molar-refractivity contribution in [3.63, 3.8) is 0 Å². The van der Waals surface area contributed by atoms with E-state index in [1.54, 1.807) is 6.08 Å². The van der Waals surface area contributed by atoms with Crippen LogP contribution in [0.15, 0.2) is 12.7 Å². The van der Waals surface area contributed by atoms with Crippen molar-refractivity contribution < 1.29 is 9.90 Å². The van der Waals surface area contributed by atoms with Gasteiger partial charge in [0, 0.05) is 18.6 Å². The van der Waals surface area contributed by atoms with Crippen LogP contribution in [0.3, 0.4) is 0 Å². The van der Waals surface area contributed by atoms with Crippen molar-refractivity contribution in [2.45, 2.75) is 43.9 Å². The number of amides is 2. The summed E-state index contributed by atoms with van der Waals surface area (Å²) in [7, 11) is 0. The Hall–Kier alpha value is -1.03. The first-order valence-corrected chi connectivity index (χ1v) is 5.57. The molecule has 2 saturated heterocycles. The zero-order valence-electron chi connectivity index (χ0n) is 8.85. The minimum atomic E-state index is -0.217. The lowest BCUT2D eigenvalue weighted by Gasteiger charge is -2.37. The Morgan fingerprint density at radius 1 is 1.47 bits per heavy atom. The van der Waals surface area contributed by atoms with E-state index >= 15 is 0 Å². The van der Waals surface area contributed by atoms with E-state index in [-0.39, 0.29) is 24.2 Å². The zero-order chi connectivity index (χ0) is 10.8. The van der Waals surface area contributed by atoms with Gasteiger partial charge in [0.2, 0.25) is 0 Å². The molecule has 4 heteroatoms. The lowest BCUT2D eigenvalue weighted by molar-refractivity contribution is 0.0545. The standard InChI is InChI=1S/C11H18N2O2/c1-2-5-12-11(15)13-8-3-4-9(13)7-10(14)6-8/h2,8-10,14H,1,3-7H2,(H,12,15). The van der Waals surface area contributed by atoms with Gasteiger partial charge in [0.1, 0.15) is 0 Å². The van der Waals surface area contributed by atoms with Gasteiger partial charge in [-0.15, -0.1) is 6.58 Å². The Morgan fingerprint density at radius 2 is 2.07 bits per heavy atom. The van der Waals surface area contributed by atoms with Crippen molar-refractivity contribution in [1.29, 1.82) is 0 Å². The molecule has 4 nitrogen and oxygen atoms in total. The molecule has 0 saturated carbocycles. The van der Waals surface area contributed by atoms with Crippen LogP contribution in [-0.2, 0) is 0 Å². The molecular formula is C11H18N2O2. The normalized spacial score (nSPS) is 33.9. The number of hydrogen-bond donors (Lipinski definition) is 2. The van der Waals surface area contributed by atoms with Crippen LogP contribution in [0.5, 0.6) is 0 Å². The maximum atomic E-state index is 11.8. The second kappa shape index (κ2) is 4.23. The van der Waals surface area contributed by atoms with Crippen LogP contribution in [0.2, 0.25) is 0 Å². The van der Waals surface area contributed by atoms with Gasteiger partial charge in [0.25, 0.3) is 0 Å². The molecule has 0 radical (unpaired) electrons. The third kappa shape index (κ3) is 2.00. The number of carbonyl (C=O) groups is 1. The van der Waals surface area contributed by atoms with Crippen molar-refractivity contribution in [1.82, 2.24) is 10.2 Å². The fraction of sp³-hybridized carbons (Fsp3) is 0.727. The van der Waals surface area contributed by atoms with Crippen molar-refractivity contribution in [2.75, 3.05) is 6.54 Å². The Morgan fingerprint density at radius 3 is 2.60 bits per heavy atom. The molecular weight excluding hydrogens is 192 g/mol. The van der Waals surface area contributed by atoms with E-state index in [1.165, 1.54) is 0 Å². The van der Waals surface area contributed by atoms with Crippen LogP contribution in [0, 0.1) is 0 Å². The second-order valence-corrected chi connectivity index (χ2v) is 4.39. The molecule has 2 atom stereocenters. The summed E-state index contributed by atoms with van der Waals surface area (Å²) in [4.78, 5) is 13.7. The van der Waals surface area contributed by atoms with Crippen LogP contribution in [0.4, 0.5) is 4.79 Å². The predicted octanol–water partition coefficient (Wildman–Crippen LogP) is 0.870. The van der Waals surface area contributed by atoms with E-state index in [9.17, 15) is 9.90 Å². The Kier molecular flexibility index (Phi) is 2.95. The van der Waals surface area contributed by atoms with Crippen molar-refractivity contribution >= 4 is 6.03 Å². The SMILES string of the molecule is C=CCNC(=O)N1C2CCC1CC(O)C2. The summed E-state index contributed by atoms with van der Waals surface area (Å²) in [5, 5.41) is 12.4. The maximum absolute atomic E-state index is 11.8. The lowest BCUT2D eigenvalue weighted by atomic mass is 10.0. The predicted molar refractivity (Wildman–Crippen MR) is 57.5 cm³/mol. The monoisotopic (exact) mass is 210 g/mol. The molecule has 2 fully saturated rings. The molecule has 2 bridgehead atoms. The summed E-state index contributed by atoms with van der Waals surface area (Å²) >= 11 is 0. The number of aliphatic hydroxyl groups is 1. The molecule has 2 aliphatic heterocycles. The van der Waals surface area contributed by atoms with E-state index in [1.807, 2.05) is 4.90 Å². The number of piperidine rings is 1. The van der Waals surface area contributed by atoms with Gasteiger partial charge in [-0.3, -0.25) is 0 Å². The average molecular weight is 210 g/mol. The number of aliphatic hydroxyl groups excluding tert-OH is 1. The van der Waals surface area contributed by atoms with Gasteiger partial charge in [-0.2, -0.15) is 0 Å². The molecule has 2 aliphatic rings. The van der Waals surface area contributed by atoms with Gasteiger partial charge in [-0.1, -0.05) is 6.08 Å². The van der Waals surface area contributed by atoms with Gasteiger partial charge >= 0.3 is 6.03 Å². The van der Waals surface area contributed by atoms with Crippen molar-refractivity contribution in [2.24, 2.45) is 0 Å². The molecule has 15 heavy (non-hydrogen) atoms. The number of urea groups is 1. The van der Waals surface area contributed by atoms with Crippen LogP contribution in [0.1, 0.15) is 25.7 Å². The summed E-state index contributed by atoms with van der Waals surface area (Å²) in [6.45, 7) is 4.08. The topological polar surface area (TPSA) is 52.6 Å². The summed E-state index contributed by atoms with van der Waals surface area (Å²) in [5.41, 5.74) is 0. The zero-order valence-corrected chi connectivity index (χ0v) is 8.85. The first-order valence-electron chi connectivity index (χ1n) is 5.57. The smallest absolute Gasteiger partial charge is 0.318 e. The van der Waals surface area contributed by atoms with E-state index in [0.29, 0.717) is 6.54 Å². The fourth-order valence-corrected chi connectivity index (χ4v) is 2.73. The van der Waals surface area contributed by atoms with Gasteiger partial charge in [-0.25, -0.2) is 4.79 Å². The quantitative estimate of drug-likeness (QED) is 0.664. The average Bonchev–Trinajstić information content (AvgIpc) is 2.48. The van der Waals surface area contributed by atoms with E-state index < -0.39 is 0 Å². The first kappa shape index (κ1) is 10.5. The number of rotatable bonds is 2. The highest BCUT2D eigenvalue weighted by atomic mass is 16.3. The van der Waals surface area contributed by atoms with Gasteiger partial charge in [0.05, 0.1) is 6.10 Å². The van der Waals surface area contributed by atoms with Gasteiger partial charge in [-0.05, 0) is 25.7 Å². The Bertz CT molecular complexity index is 253. The van der Waals surface area contributed by atoms with Crippen molar-refractivity contribution in [3.05, 3.63) is 12.7 Å². The number of hydrogen-bond acceptors (Lipinski definition) is 2. The Labute approximate surface area is 90.0 Å². The maximum Gasteiger partial charge on any atom is 0.318 e. The molecule has 0 aromatic heterocycles. The van der Waals surface area contributed by atoms with Crippen LogP contribution in [-0.4, -0.2) is 40.8 Å². The molecule has 84 valence electrons. The third-order valence-corrected chi connectivity index (χ3v) is 3.34. The molecule has 2 amide bonds. The van der Waals surface area contributed by atoms with Crippen LogP contribution < -0.4 is 5.32 Å². The van der Waals surface area contributed by atoms with E-state index in [0.717, 1.165) is 25.7 Å². The van der Waals surface area contributed by atoms with Crippen LogP contribution >= 0.6 is 0 Å². The molecule has 2 N–H and O–H groups in total.